The van der Waals surface area contributed by atoms with Crippen LogP contribution in [0.15, 0.2) is 0 Å². The molecule has 16 nitrogen and oxygen atoms in total. The number of carbonyl (C=O) groups is 8. The van der Waals surface area contributed by atoms with Gasteiger partial charge in [0.15, 0.2) is 0 Å². The molecule has 4 amide bonds. The van der Waals surface area contributed by atoms with E-state index in [2.05, 4.69) is 21.3 Å². The Balaban J connectivity index is 0.000000463. The van der Waals surface area contributed by atoms with Crippen LogP contribution in [0.1, 0.15) is 51.4 Å². The molecular formula is C20H28CeN4O12. The number of carboxylic acids is 4. The first-order valence-corrected chi connectivity index (χ1v) is 10.9. The maximum absolute atomic E-state index is 10.4. The summed E-state index contributed by atoms with van der Waals surface area (Å²) in [6.45, 7) is 0. The minimum Gasteiger partial charge on any atom is -0.480 e. The first kappa shape index (κ1) is 34.1. The molecule has 0 aromatic carbocycles. The van der Waals surface area contributed by atoms with Crippen LogP contribution in [-0.4, -0.2) is 92.1 Å². The average Bonchev–Trinajstić information content (AvgIpc) is 3.58. The number of hydrogen-bond acceptors (Lipinski definition) is 8. The number of rotatable bonds is 4. The average molecular weight is 657 g/mol. The van der Waals surface area contributed by atoms with Gasteiger partial charge in [-0.2, -0.15) is 0 Å². The molecule has 4 unspecified atom stereocenters. The van der Waals surface area contributed by atoms with Crippen molar-refractivity contribution in [2.45, 2.75) is 75.5 Å². The van der Waals surface area contributed by atoms with E-state index in [1.807, 2.05) is 0 Å². The van der Waals surface area contributed by atoms with Gasteiger partial charge in [0.25, 0.3) is 0 Å². The summed E-state index contributed by atoms with van der Waals surface area (Å²) in [6, 6.07) is -2.56. The molecule has 4 heterocycles. The van der Waals surface area contributed by atoms with Crippen molar-refractivity contribution in [3.63, 3.8) is 0 Å². The summed E-state index contributed by atoms with van der Waals surface area (Å²) in [7, 11) is 0. The van der Waals surface area contributed by atoms with Crippen molar-refractivity contribution in [3.8, 4) is 0 Å². The van der Waals surface area contributed by atoms with Gasteiger partial charge in [0.1, 0.15) is 24.2 Å². The van der Waals surface area contributed by atoms with Crippen LogP contribution in [0.25, 0.3) is 0 Å². The molecule has 0 saturated carbocycles. The molecule has 0 aliphatic carbocycles. The van der Waals surface area contributed by atoms with Gasteiger partial charge in [-0.1, -0.05) is 0 Å². The van der Waals surface area contributed by atoms with E-state index >= 15 is 0 Å². The predicted octanol–water partition coefficient (Wildman–Crippen LogP) is -2.60. The number of nitrogens with one attached hydrogen (secondary N) is 4. The van der Waals surface area contributed by atoms with E-state index in [9.17, 15) is 38.4 Å². The second-order valence-corrected chi connectivity index (χ2v) is 7.99. The zero-order valence-corrected chi connectivity index (χ0v) is 22.7. The molecule has 0 radical (unpaired) electrons. The number of aliphatic carboxylic acids is 4. The molecule has 8 N–H and O–H groups in total. The standard InChI is InChI=1S/4C5H7NO3.Ce/c4*7-4-2-1-3(6-4)5(8)9;/h4*3H,1-2H2,(H,6,7)(H,8,9);. The molecule has 0 spiro atoms. The van der Waals surface area contributed by atoms with E-state index in [4.69, 9.17) is 20.4 Å². The van der Waals surface area contributed by atoms with E-state index in [-0.39, 0.29) is 65.4 Å². The molecule has 0 aromatic rings. The molecule has 0 bridgehead atoms. The van der Waals surface area contributed by atoms with Crippen LogP contribution in [0.2, 0.25) is 0 Å². The van der Waals surface area contributed by atoms with Gasteiger partial charge in [0, 0.05) is 67.4 Å². The zero-order valence-electron chi connectivity index (χ0n) is 19.5. The summed E-state index contributed by atoms with van der Waals surface area (Å²) >= 11 is 0. The molecule has 4 saturated heterocycles. The minimum absolute atomic E-state index is 0. The second kappa shape index (κ2) is 16.8. The Kier molecular flexibility index (Phi) is 15.5. The Bertz CT molecular complexity index is 768. The summed E-state index contributed by atoms with van der Waals surface area (Å²) in [5.74, 6) is -4.43. The molecule has 204 valence electrons. The topological polar surface area (TPSA) is 266 Å². The third-order valence-corrected chi connectivity index (χ3v) is 5.17. The normalized spacial score (nSPS) is 25.1. The van der Waals surface area contributed by atoms with Gasteiger partial charge in [-0.05, 0) is 25.7 Å². The second-order valence-electron chi connectivity index (χ2n) is 7.99. The van der Waals surface area contributed by atoms with Crippen LogP contribution in [0.5, 0.6) is 0 Å². The van der Waals surface area contributed by atoms with Crippen molar-refractivity contribution >= 4 is 47.5 Å². The SMILES string of the molecule is O=C1CCC(C(=O)O)N1.O=C1CCC(C(=O)O)N1.O=C1CCC(C(=O)O)N1.O=C1CCC(C(=O)O)N1.[Ce]. The minimum atomic E-state index is -0.944. The molecule has 37 heavy (non-hydrogen) atoms. The van der Waals surface area contributed by atoms with E-state index < -0.39 is 48.0 Å². The third-order valence-electron chi connectivity index (χ3n) is 5.17. The Hall–Kier alpha value is -2.86. The fourth-order valence-corrected chi connectivity index (χ4v) is 3.20. The summed E-state index contributed by atoms with van der Waals surface area (Å²) in [5, 5.41) is 42.5. The maximum atomic E-state index is 10.4. The Morgan fingerprint density at radius 3 is 0.676 bits per heavy atom. The monoisotopic (exact) mass is 656 g/mol. The Labute approximate surface area is 243 Å². The third kappa shape index (κ3) is 13.3. The summed E-state index contributed by atoms with van der Waals surface area (Å²) in [6.07, 6.45) is 3.08. The fourth-order valence-electron chi connectivity index (χ4n) is 3.20. The number of amides is 4. The van der Waals surface area contributed by atoms with E-state index in [1.165, 1.54) is 0 Å². The molecule has 4 atom stereocenters. The van der Waals surface area contributed by atoms with Crippen LogP contribution in [0.3, 0.4) is 0 Å². The van der Waals surface area contributed by atoms with Crippen LogP contribution in [0.4, 0.5) is 0 Å². The number of hydrogen-bond donors (Lipinski definition) is 8. The molecular weight excluding hydrogens is 628 g/mol. The maximum Gasteiger partial charge on any atom is 0.326 e. The number of carboxylic acid groups (broad SMARTS) is 4. The van der Waals surface area contributed by atoms with Gasteiger partial charge >= 0.3 is 23.9 Å². The zero-order chi connectivity index (χ0) is 27.4. The van der Waals surface area contributed by atoms with Crippen LogP contribution >= 0.6 is 0 Å². The van der Waals surface area contributed by atoms with Crippen molar-refractivity contribution in [3.05, 3.63) is 0 Å². The Morgan fingerprint density at radius 1 is 0.459 bits per heavy atom. The molecule has 0 aromatic heterocycles. The van der Waals surface area contributed by atoms with E-state index in [1.54, 1.807) is 0 Å². The smallest absolute Gasteiger partial charge is 0.326 e. The van der Waals surface area contributed by atoms with Crippen molar-refractivity contribution in [2.24, 2.45) is 0 Å². The molecule has 17 heteroatoms. The van der Waals surface area contributed by atoms with Gasteiger partial charge in [0.05, 0.1) is 0 Å². The van der Waals surface area contributed by atoms with Gasteiger partial charge in [-0.3, -0.25) is 19.2 Å². The predicted molar refractivity (Wildman–Crippen MR) is 115 cm³/mol. The first-order chi connectivity index (χ1) is 16.8. The van der Waals surface area contributed by atoms with Gasteiger partial charge in [-0.15, -0.1) is 0 Å². The molecule has 4 fully saturated rings. The molecule has 4 rings (SSSR count). The summed E-state index contributed by atoms with van der Waals surface area (Å²) in [4.78, 5) is 82.1. The Morgan fingerprint density at radius 2 is 0.622 bits per heavy atom. The molecule has 4 aliphatic heterocycles. The van der Waals surface area contributed by atoms with Crippen molar-refractivity contribution < 1.29 is 101 Å². The quantitative estimate of drug-likeness (QED) is 0.155. The van der Waals surface area contributed by atoms with E-state index in [0.29, 0.717) is 51.4 Å². The van der Waals surface area contributed by atoms with Crippen molar-refractivity contribution in [1.29, 1.82) is 0 Å². The van der Waals surface area contributed by atoms with E-state index in [0.717, 1.165) is 0 Å². The summed E-state index contributed by atoms with van der Waals surface area (Å²) < 4.78 is 0. The van der Waals surface area contributed by atoms with Crippen LogP contribution in [-0.2, 0) is 38.4 Å². The van der Waals surface area contributed by atoms with Gasteiger partial charge in [-0.25, -0.2) is 19.2 Å². The van der Waals surface area contributed by atoms with Gasteiger partial charge in [0.2, 0.25) is 23.6 Å². The largest absolute Gasteiger partial charge is 0.480 e. The fraction of sp³-hybridized carbons (Fsp3) is 0.600. The number of carbonyl (C=O) groups excluding carboxylic acids is 4. The summed E-state index contributed by atoms with van der Waals surface area (Å²) in [5.41, 5.74) is 0. The van der Waals surface area contributed by atoms with Crippen molar-refractivity contribution in [1.82, 2.24) is 21.3 Å². The first-order valence-electron chi connectivity index (χ1n) is 10.9. The van der Waals surface area contributed by atoms with Gasteiger partial charge < -0.3 is 41.7 Å². The van der Waals surface area contributed by atoms with Crippen LogP contribution < -0.4 is 21.3 Å². The molecule has 4 aliphatic rings. The van der Waals surface area contributed by atoms with Crippen molar-refractivity contribution in [2.75, 3.05) is 0 Å². The van der Waals surface area contributed by atoms with Crippen LogP contribution in [0, 0.1) is 41.7 Å².